The Morgan fingerprint density at radius 2 is 0.949 bits per heavy atom. The molecule has 2 amide bonds. The second-order valence-electron chi connectivity index (χ2n) is 23.9. The summed E-state index contributed by atoms with van der Waals surface area (Å²) < 4.78 is 4.72. The van der Waals surface area contributed by atoms with Crippen molar-refractivity contribution in [2.24, 2.45) is 17.6 Å². The Balaban J connectivity index is 0.000000190. The summed E-state index contributed by atoms with van der Waals surface area (Å²) >= 11 is 0. The van der Waals surface area contributed by atoms with Gasteiger partial charge in [-0.05, 0) is 190 Å². The van der Waals surface area contributed by atoms with Crippen molar-refractivity contribution in [1.29, 1.82) is 0 Å². The number of nitrogens with one attached hydrogen (secondary N) is 2. The molecule has 0 radical (unpaired) electrons. The van der Waals surface area contributed by atoms with E-state index in [1.165, 1.54) is 24.0 Å². The van der Waals surface area contributed by atoms with Gasteiger partial charge in [-0.3, -0.25) is 19.6 Å². The number of amides is 2. The van der Waals surface area contributed by atoms with Crippen LogP contribution in [0.25, 0.3) is 22.1 Å². The summed E-state index contributed by atoms with van der Waals surface area (Å²) in [5, 5.41) is 19.3. The standard InChI is InChI=1S/C31H45N7O.C31H44N6O2/c1-5-6-20(2)35-31-33-17-27-28(19-38(29(27)36-31)18-23-7-9-26(32)10-8-23)24-11-13-37(14-12-24)30(39)25-15-21(3)34-22(4)16-25;1-5-6-20(2)34-31-32-17-27-28(19-37(29(27)35-31)18-23-7-9-26(38)10-8-23)24-11-13-36(14-12-24)30(39)25-15-21(3)33-22(4)16-25/h15-17,19-20,23-24,26H,5-14,18,32H2,1-4H3,(H,33,35,36);15-17,19-20,23-24,26,38H,5-14,18H2,1-4H3,(H,32,34,35)/t2*20-,23?,26?/m00/s1. The van der Waals surface area contributed by atoms with Gasteiger partial charge >= 0.3 is 0 Å². The number of nitrogens with zero attached hydrogens (tertiary/aromatic N) is 10. The fourth-order valence-corrected chi connectivity index (χ4v) is 13.0. The number of aliphatic hydroxyl groups is 1. The second-order valence-corrected chi connectivity index (χ2v) is 23.9. The molecule has 16 heteroatoms. The Bertz CT molecular complexity index is 2730. The molecule has 10 rings (SSSR count). The predicted octanol–water partition coefficient (Wildman–Crippen LogP) is 11.2. The summed E-state index contributed by atoms with van der Waals surface area (Å²) in [7, 11) is 0. The number of piperidine rings is 2. The number of aryl methyl sites for hydroxylation is 4. The van der Waals surface area contributed by atoms with Gasteiger partial charge in [-0.2, -0.15) is 9.97 Å². The molecule has 0 unspecified atom stereocenters. The third-order valence-electron chi connectivity index (χ3n) is 17.2. The van der Waals surface area contributed by atoms with Crippen molar-refractivity contribution in [1.82, 2.24) is 48.8 Å². The third-order valence-corrected chi connectivity index (χ3v) is 17.2. The summed E-state index contributed by atoms with van der Waals surface area (Å²) in [5.41, 5.74) is 15.9. The zero-order valence-electron chi connectivity index (χ0n) is 48.1. The molecule has 2 saturated carbocycles. The van der Waals surface area contributed by atoms with Crippen molar-refractivity contribution in [2.75, 3.05) is 36.8 Å². The number of aromatic nitrogens is 8. The van der Waals surface area contributed by atoms with Gasteiger partial charge in [0.15, 0.2) is 0 Å². The maximum atomic E-state index is 13.2. The van der Waals surface area contributed by atoms with Crippen LogP contribution >= 0.6 is 0 Å². The molecule has 2 atom stereocenters. The first-order valence-electron chi connectivity index (χ1n) is 29.8. The molecule has 5 N–H and O–H groups in total. The molecule has 78 heavy (non-hydrogen) atoms. The van der Waals surface area contributed by atoms with Gasteiger partial charge in [-0.15, -0.1) is 0 Å². The molecular formula is C62H89N13O3. The highest BCUT2D eigenvalue weighted by atomic mass is 16.3. The Kier molecular flexibility index (Phi) is 18.8. The topological polar surface area (TPSA) is 198 Å². The van der Waals surface area contributed by atoms with Crippen LogP contribution in [0, 0.1) is 39.5 Å². The molecule has 0 aromatic carbocycles. The molecule has 8 heterocycles. The van der Waals surface area contributed by atoms with Crippen LogP contribution in [0.1, 0.15) is 197 Å². The summed E-state index contributed by atoms with van der Waals surface area (Å²) in [5.74, 6) is 3.55. The molecule has 4 fully saturated rings. The van der Waals surface area contributed by atoms with Crippen LogP contribution in [0.3, 0.4) is 0 Å². The summed E-state index contributed by atoms with van der Waals surface area (Å²) in [6.07, 6.45) is 25.1. The Morgan fingerprint density at radius 1 is 0.577 bits per heavy atom. The van der Waals surface area contributed by atoms with E-state index < -0.39 is 0 Å². The number of pyridine rings is 2. The molecule has 2 saturated heterocycles. The van der Waals surface area contributed by atoms with Gasteiger partial charge in [0.25, 0.3) is 11.8 Å². The van der Waals surface area contributed by atoms with Gasteiger partial charge in [-0.1, -0.05) is 26.7 Å². The third kappa shape index (κ3) is 14.1. The first-order chi connectivity index (χ1) is 37.6. The molecule has 4 aliphatic rings. The van der Waals surface area contributed by atoms with E-state index in [1.807, 2.05) is 74.2 Å². The van der Waals surface area contributed by atoms with Gasteiger partial charge in [0, 0.05) is 127 Å². The van der Waals surface area contributed by atoms with Crippen LogP contribution in [0.5, 0.6) is 0 Å². The largest absolute Gasteiger partial charge is 0.393 e. The molecule has 6 aromatic heterocycles. The second kappa shape index (κ2) is 25.9. The number of aliphatic hydroxyl groups excluding tert-OH is 1. The monoisotopic (exact) mass is 1060 g/mol. The molecule has 16 nitrogen and oxygen atoms in total. The van der Waals surface area contributed by atoms with E-state index in [2.05, 4.69) is 69.8 Å². The predicted molar refractivity (Wildman–Crippen MR) is 312 cm³/mol. The van der Waals surface area contributed by atoms with Crippen molar-refractivity contribution < 1.29 is 14.7 Å². The molecule has 0 spiro atoms. The Hall–Kier alpha value is -6.00. The van der Waals surface area contributed by atoms with Crippen molar-refractivity contribution >= 4 is 45.8 Å². The lowest BCUT2D eigenvalue weighted by Gasteiger charge is -2.32. The van der Waals surface area contributed by atoms with Crippen molar-refractivity contribution in [3.05, 3.63) is 94.1 Å². The normalized spacial score (nSPS) is 21.3. The maximum absolute atomic E-state index is 13.2. The van der Waals surface area contributed by atoms with Gasteiger partial charge in [-0.25, -0.2) is 9.97 Å². The van der Waals surface area contributed by atoms with E-state index in [9.17, 15) is 14.7 Å². The number of hydrogen-bond donors (Lipinski definition) is 4. The number of likely N-dealkylation sites (tertiary alicyclic amines) is 2. The average molecular weight is 1060 g/mol. The number of anilines is 2. The van der Waals surface area contributed by atoms with E-state index in [1.54, 1.807) is 0 Å². The zero-order chi connectivity index (χ0) is 55.0. The van der Waals surface area contributed by atoms with Crippen LogP contribution in [-0.2, 0) is 13.1 Å². The lowest BCUT2D eigenvalue weighted by Crippen LogP contribution is -2.38. The first-order valence-corrected chi connectivity index (χ1v) is 29.8. The highest BCUT2D eigenvalue weighted by molar-refractivity contribution is 5.95. The van der Waals surface area contributed by atoms with Crippen LogP contribution < -0.4 is 16.4 Å². The van der Waals surface area contributed by atoms with E-state index in [-0.39, 0.29) is 17.9 Å². The van der Waals surface area contributed by atoms with Gasteiger partial charge in [0.2, 0.25) is 11.9 Å². The van der Waals surface area contributed by atoms with Crippen LogP contribution in [0.4, 0.5) is 11.9 Å². The van der Waals surface area contributed by atoms with E-state index in [0.717, 1.165) is 185 Å². The van der Waals surface area contributed by atoms with Gasteiger partial charge in [0.1, 0.15) is 11.3 Å². The van der Waals surface area contributed by atoms with Crippen LogP contribution in [0.2, 0.25) is 0 Å². The molecule has 6 aromatic rings. The minimum Gasteiger partial charge on any atom is -0.393 e. The molecule has 420 valence electrons. The summed E-state index contributed by atoms with van der Waals surface area (Å²) in [6, 6.07) is 8.60. The number of carbonyl (C=O) groups is 2. The SMILES string of the molecule is CCC[C@H](C)Nc1ncc2c(C3CCN(C(=O)c4cc(C)nc(C)c4)CC3)cn(CC3CCC(N)CC3)c2n1.CCC[C@H](C)Nc1ncc2c(C3CCN(C(=O)c4cc(C)nc(C)c4)CC3)cn(CC3CCC(O)CC3)c2n1. The maximum Gasteiger partial charge on any atom is 0.253 e. The zero-order valence-corrected chi connectivity index (χ0v) is 48.1. The quantitative estimate of drug-likeness (QED) is 0.0716. The molecule has 2 aliphatic heterocycles. The highest BCUT2D eigenvalue weighted by Gasteiger charge is 2.31. The van der Waals surface area contributed by atoms with E-state index in [0.29, 0.717) is 53.7 Å². The molecule has 0 bridgehead atoms. The number of hydrogen-bond acceptors (Lipinski definition) is 12. The number of nitrogens with two attached hydrogens (primary N) is 1. The lowest BCUT2D eigenvalue weighted by atomic mass is 9.86. The van der Waals surface area contributed by atoms with Crippen molar-refractivity contribution in [3.8, 4) is 0 Å². The van der Waals surface area contributed by atoms with E-state index in [4.69, 9.17) is 25.7 Å². The lowest BCUT2D eigenvalue weighted by molar-refractivity contribution is 0.0705. The first kappa shape index (κ1) is 56.7. The summed E-state index contributed by atoms with van der Waals surface area (Å²) in [6.45, 7) is 21.4. The number of rotatable bonds is 16. The minimum absolute atomic E-state index is 0.101. The Morgan fingerprint density at radius 3 is 1.32 bits per heavy atom. The van der Waals surface area contributed by atoms with Crippen LogP contribution in [-0.4, -0.2) is 116 Å². The van der Waals surface area contributed by atoms with Crippen molar-refractivity contribution in [2.45, 2.75) is 207 Å². The van der Waals surface area contributed by atoms with Crippen molar-refractivity contribution in [3.63, 3.8) is 0 Å². The average Bonchev–Trinajstić information content (AvgIpc) is 4.01. The van der Waals surface area contributed by atoms with Crippen LogP contribution in [0.15, 0.2) is 49.1 Å². The molecular weight excluding hydrogens is 975 g/mol. The number of carbonyl (C=O) groups excluding carboxylic acids is 2. The number of fused-ring (bicyclic) bond motifs is 2. The fraction of sp³-hybridized carbons (Fsp3) is 0.613. The molecule has 2 aliphatic carbocycles. The van der Waals surface area contributed by atoms with E-state index >= 15 is 0 Å². The minimum atomic E-state index is -0.149. The Labute approximate surface area is 463 Å². The van der Waals surface area contributed by atoms with Gasteiger partial charge < -0.3 is 40.4 Å². The van der Waals surface area contributed by atoms with Gasteiger partial charge in [0.05, 0.1) is 6.10 Å². The highest BCUT2D eigenvalue weighted by Crippen LogP contribution is 2.38. The fourth-order valence-electron chi connectivity index (χ4n) is 13.0. The smallest absolute Gasteiger partial charge is 0.253 e. The summed E-state index contributed by atoms with van der Waals surface area (Å²) in [4.78, 5) is 58.8.